The number of halogens is 1. The van der Waals surface area contributed by atoms with Crippen LogP contribution in [0.3, 0.4) is 0 Å². The van der Waals surface area contributed by atoms with Crippen LogP contribution in [0.5, 0.6) is 0 Å². The Bertz CT molecular complexity index is 492. The Morgan fingerprint density at radius 3 is 3.00 bits per heavy atom. The molecule has 1 heterocycles. The van der Waals surface area contributed by atoms with Crippen molar-refractivity contribution in [2.75, 3.05) is 31.1 Å². The Balaban J connectivity index is 2.12. The van der Waals surface area contributed by atoms with Gasteiger partial charge in [-0.2, -0.15) is 0 Å². The van der Waals surface area contributed by atoms with Gasteiger partial charge in [0, 0.05) is 29.8 Å². The SMILES string of the molecule is CCCNC(C)c1ccc(N2CCCNC(=O)C2)cc1Cl. The number of hydrogen-bond donors (Lipinski definition) is 2. The summed E-state index contributed by atoms with van der Waals surface area (Å²) in [6.07, 6.45) is 2.06. The largest absolute Gasteiger partial charge is 0.362 e. The van der Waals surface area contributed by atoms with Gasteiger partial charge >= 0.3 is 0 Å². The highest BCUT2D eigenvalue weighted by molar-refractivity contribution is 6.31. The molecular weight excluding hydrogens is 286 g/mol. The Morgan fingerprint density at radius 1 is 1.48 bits per heavy atom. The highest BCUT2D eigenvalue weighted by atomic mass is 35.5. The Labute approximate surface area is 131 Å². The van der Waals surface area contributed by atoms with E-state index < -0.39 is 0 Å². The van der Waals surface area contributed by atoms with Gasteiger partial charge in [-0.15, -0.1) is 0 Å². The van der Waals surface area contributed by atoms with Crippen LogP contribution in [0.15, 0.2) is 18.2 Å². The normalized spacial score (nSPS) is 17.3. The zero-order valence-corrected chi connectivity index (χ0v) is 13.5. The molecule has 5 heteroatoms. The maximum Gasteiger partial charge on any atom is 0.239 e. The lowest BCUT2D eigenvalue weighted by molar-refractivity contribution is -0.119. The first-order valence-corrected chi connectivity index (χ1v) is 8.04. The summed E-state index contributed by atoms with van der Waals surface area (Å²) in [6, 6.07) is 6.33. The average molecular weight is 310 g/mol. The van der Waals surface area contributed by atoms with Gasteiger partial charge in [0.05, 0.1) is 6.54 Å². The second kappa shape index (κ2) is 7.66. The van der Waals surface area contributed by atoms with Gasteiger partial charge in [0.25, 0.3) is 0 Å². The van der Waals surface area contributed by atoms with Crippen LogP contribution in [0.25, 0.3) is 0 Å². The number of benzene rings is 1. The molecule has 1 amide bonds. The average Bonchev–Trinajstić information content (AvgIpc) is 2.69. The molecule has 0 saturated carbocycles. The van der Waals surface area contributed by atoms with Crippen molar-refractivity contribution in [1.29, 1.82) is 0 Å². The summed E-state index contributed by atoms with van der Waals surface area (Å²) in [5.41, 5.74) is 2.12. The third-order valence-corrected chi connectivity index (χ3v) is 4.10. The molecule has 21 heavy (non-hydrogen) atoms. The predicted molar refractivity (Wildman–Crippen MR) is 88.0 cm³/mol. The monoisotopic (exact) mass is 309 g/mol. The molecule has 1 unspecified atom stereocenters. The van der Waals surface area contributed by atoms with Crippen molar-refractivity contribution in [2.45, 2.75) is 32.7 Å². The van der Waals surface area contributed by atoms with Crippen LogP contribution in [0.2, 0.25) is 5.02 Å². The van der Waals surface area contributed by atoms with Crippen molar-refractivity contribution in [1.82, 2.24) is 10.6 Å². The molecule has 1 aromatic carbocycles. The number of hydrogen-bond acceptors (Lipinski definition) is 3. The smallest absolute Gasteiger partial charge is 0.239 e. The molecule has 0 aliphatic carbocycles. The van der Waals surface area contributed by atoms with Crippen molar-refractivity contribution < 1.29 is 4.79 Å². The summed E-state index contributed by atoms with van der Waals surface area (Å²) in [7, 11) is 0. The third-order valence-electron chi connectivity index (χ3n) is 3.78. The second-order valence-corrected chi connectivity index (χ2v) is 5.91. The van der Waals surface area contributed by atoms with Crippen molar-refractivity contribution >= 4 is 23.2 Å². The van der Waals surface area contributed by atoms with Gasteiger partial charge in [-0.05, 0) is 44.0 Å². The molecule has 2 N–H and O–H groups in total. The zero-order valence-electron chi connectivity index (χ0n) is 12.8. The molecule has 0 aromatic heterocycles. The molecule has 1 aliphatic rings. The molecular formula is C16H24ClN3O. The van der Waals surface area contributed by atoms with E-state index in [4.69, 9.17) is 11.6 Å². The molecule has 0 bridgehead atoms. The number of nitrogens with one attached hydrogen (secondary N) is 2. The quantitative estimate of drug-likeness (QED) is 0.879. The topological polar surface area (TPSA) is 44.4 Å². The van der Waals surface area contributed by atoms with Crippen LogP contribution >= 0.6 is 11.6 Å². The zero-order chi connectivity index (χ0) is 15.2. The van der Waals surface area contributed by atoms with Gasteiger partial charge in [-0.3, -0.25) is 4.79 Å². The van der Waals surface area contributed by atoms with E-state index >= 15 is 0 Å². The van der Waals surface area contributed by atoms with Gasteiger partial charge in [0.2, 0.25) is 5.91 Å². The number of rotatable bonds is 5. The van der Waals surface area contributed by atoms with Crippen LogP contribution in [-0.4, -0.2) is 32.1 Å². The fraction of sp³-hybridized carbons (Fsp3) is 0.562. The first-order chi connectivity index (χ1) is 10.1. The van der Waals surface area contributed by atoms with E-state index in [2.05, 4.69) is 41.5 Å². The minimum Gasteiger partial charge on any atom is -0.362 e. The summed E-state index contributed by atoms with van der Waals surface area (Å²) in [5, 5.41) is 7.09. The van der Waals surface area contributed by atoms with E-state index in [1.807, 2.05) is 6.07 Å². The van der Waals surface area contributed by atoms with E-state index in [0.717, 1.165) is 48.7 Å². The number of anilines is 1. The fourth-order valence-corrected chi connectivity index (χ4v) is 2.90. The van der Waals surface area contributed by atoms with Gasteiger partial charge in [0.15, 0.2) is 0 Å². The summed E-state index contributed by atoms with van der Waals surface area (Å²) in [5.74, 6) is 0.0747. The lowest BCUT2D eigenvalue weighted by atomic mass is 10.1. The number of carbonyl (C=O) groups is 1. The summed E-state index contributed by atoms with van der Waals surface area (Å²) in [6.45, 7) is 7.27. The molecule has 1 aromatic rings. The minimum absolute atomic E-state index is 0.0747. The summed E-state index contributed by atoms with van der Waals surface area (Å²) in [4.78, 5) is 13.7. The predicted octanol–water partition coefficient (Wildman–Crippen LogP) is 2.73. The number of nitrogens with zero attached hydrogens (tertiary/aromatic N) is 1. The Hall–Kier alpha value is -1.26. The highest BCUT2D eigenvalue weighted by Gasteiger charge is 2.17. The van der Waals surface area contributed by atoms with Crippen molar-refractivity contribution in [2.24, 2.45) is 0 Å². The van der Waals surface area contributed by atoms with Crippen LogP contribution in [0.1, 0.15) is 38.3 Å². The molecule has 0 radical (unpaired) electrons. The van der Waals surface area contributed by atoms with Crippen LogP contribution in [0, 0.1) is 0 Å². The van der Waals surface area contributed by atoms with E-state index in [0.29, 0.717) is 6.54 Å². The first kappa shape index (κ1) is 16.1. The van der Waals surface area contributed by atoms with Crippen LogP contribution in [-0.2, 0) is 4.79 Å². The maximum atomic E-state index is 11.6. The lowest BCUT2D eigenvalue weighted by Gasteiger charge is -2.23. The number of carbonyl (C=O) groups excluding carboxylic acids is 1. The number of amides is 1. The maximum absolute atomic E-state index is 11.6. The molecule has 116 valence electrons. The Morgan fingerprint density at radius 2 is 2.29 bits per heavy atom. The highest BCUT2D eigenvalue weighted by Crippen LogP contribution is 2.28. The molecule has 1 aliphatic heterocycles. The molecule has 1 saturated heterocycles. The lowest BCUT2D eigenvalue weighted by Crippen LogP contribution is -2.33. The molecule has 1 fully saturated rings. The fourth-order valence-electron chi connectivity index (χ4n) is 2.56. The summed E-state index contributed by atoms with van der Waals surface area (Å²) >= 11 is 6.43. The minimum atomic E-state index is 0.0747. The van der Waals surface area contributed by atoms with Crippen LogP contribution < -0.4 is 15.5 Å². The molecule has 0 spiro atoms. The van der Waals surface area contributed by atoms with E-state index in [-0.39, 0.29) is 11.9 Å². The summed E-state index contributed by atoms with van der Waals surface area (Å²) < 4.78 is 0. The molecule has 2 rings (SSSR count). The van der Waals surface area contributed by atoms with Gasteiger partial charge in [-0.1, -0.05) is 24.6 Å². The van der Waals surface area contributed by atoms with Gasteiger partial charge in [0.1, 0.15) is 0 Å². The van der Waals surface area contributed by atoms with Crippen molar-refractivity contribution in [3.8, 4) is 0 Å². The third kappa shape index (κ3) is 4.35. The molecule has 4 nitrogen and oxygen atoms in total. The van der Waals surface area contributed by atoms with Crippen molar-refractivity contribution in [3.05, 3.63) is 28.8 Å². The van der Waals surface area contributed by atoms with Crippen LogP contribution in [0.4, 0.5) is 5.69 Å². The van der Waals surface area contributed by atoms with E-state index in [9.17, 15) is 4.79 Å². The van der Waals surface area contributed by atoms with E-state index in [1.165, 1.54) is 0 Å². The van der Waals surface area contributed by atoms with E-state index in [1.54, 1.807) is 0 Å². The van der Waals surface area contributed by atoms with Crippen molar-refractivity contribution in [3.63, 3.8) is 0 Å². The van der Waals surface area contributed by atoms with Gasteiger partial charge < -0.3 is 15.5 Å². The second-order valence-electron chi connectivity index (χ2n) is 5.51. The molecule has 1 atom stereocenters. The van der Waals surface area contributed by atoms with Gasteiger partial charge in [-0.25, -0.2) is 0 Å². The Kier molecular flexibility index (Phi) is 5.88. The standard InChI is InChI=1S/C16H24ClN3O/c1-3-7-18-12(2)14-6-5-13(10-15(14)17)20-9-4-8-19-16(21)11-20/h5-6,10,12,18H,3-4,7-9,11H2,1-2H3,(H,19,21). The first-order valence-electron chi connectivity index (χ1n) is 7.66.